The van der Waals surface area contributed by atoms with E-state index in [9.17, 15) is 0 Å². The molecule has 0 N–H and O–H groups in total. The molecule has 0 unspecified atom stereocenters. The summed E-state index contributed by atoms with van der Waals surface area (Å²) >= 11 is 0. The molecule has 0 fully saturated rings. The molecule has 1 aliphatic heterocycles. The second-order valence-electron chi connectivity index (χ2n) is 8.54. The Balaban J connectivity index is 0.000000151. The minimum absolute atomic E-state index is 0.160. The van der Waals surface area contributed by atoms with E-state index in [0.717, 1.165) is 22.9 Å². The molecule has 34 heavy (non-hydrogen) atoms. The van der Waals surface area contributed by atoms with Crippen molar-refractivity contribution in [2.75, 3.05) is 11.4 Å². The summed E-state index contributed by atoms with van der Waals surface area (Å²) in [6, 6.07) is 33.3. The van der Waals surface area contributed by atoms with Crippen LogP contribution in [-0.2, 0) is 5.41 Å². The first-order chi connectivity index (χ1) is 16.6. The molecule has 1 aliphatic carbocycles. The van der Waals surface area contributed by atoms with Gasteiger partial charge in [-0.2, -0.15) is 0 Å². The molecule has 2 heteroatoms. The van der Waals surface area contributed by atoms with Crippen LogP contribution < -0.4 is 9.64 Å². The zero-order chi connectivity index (χ0) is 24.1. The highest BCUT2D eigenvalue weighted by molar-refractivity contribution is 5.80. The van der Waals surface area contributed by atoms with E-state index in [1.807, 2.05) is 62.4 Å². The normalized spacial score (nSPS) is 13.2. The molecule has 0 radical (unpaired) electrons. The van der Waals surface area contributed by atoms with Crippen LogP contribution in [0.25, 0.3) is 11.1 Å². The molecule has 170 valence electrons. The Labute approximate surface area is 203 Å². The largest absolute Gasteiger partial charge is 0.453 e. The lowest BCUT2D eigenvalue weighted by molar-refractivity contribution is 0.474. The Hall–Kier alpha value is -3.96. The van der Waals surface area contributed by atoms with Crippen LogP contribution >= 0.6 is 0 Å². The quantitative estimate of drug-likeness (QED) is 0.272. The number of rotatable bonds is 1. The summed E-state index contributed by atoms with van der Waals surface area (Å²) < 4.78 is 5.84. The monoisotopic (exact) mass is 445 g/mol. The molecular weight excluding hydrogens is 414 g/mol. The standard InChI is InChI=1S/C15H11NO.C15H14.C2H6/c1-2-11-16-12-7-3-5-9-14(12)17-15-10-6-4-8-13(15)16;1-15(2)13-9-5-3-7-11(13)12-8-4-6-10-14(12)15;1-2/h1,3-10H,11H2;3-10H,1-2H3;1-2H3. The third-order valence-corrected chi connectivity index (χ3v) is 6.27. The topological polar surface area (TPSA) is 12.5 Å². The number of terminal acetylenes is 1. The first-order valence-corrected chi connectivity index (χ1v) is 11.9. The lowest BCUT2D eigenvalue weighted by Crippen LogP contribution is -2.21. The highest BCUT2D eigenvalue weighted by atomic mass is 16.5. The molecule has 4 aromatic carbocycles. The smallest absolute Gasteiger partial charge is 0.151 e. The van der Waals surface area contributed by atoms with Crippen molar-refractivity contribution in [3.8, 4) is 35.0 Å². The molecule has 2 aliphatic rings. The number of anilines is 2. The van der Waals surface area contributed by atoms with Gasteiger partial charge in [-0.1, -0.05) is 106 Å². The van der Waals surface area contributed by atoms with Crippen LogP contribution in [0.4, 0.5) is 11.4 Å². The number of fused-ring (bicyclic) bond motifs is 5. The molecule has 0 bridgehead atoms. The summed E-state index contributed by atoms with van der Waals surface area (Å²) in [6.07, 6.45) is 5.44. The van der Waals surface area contributed by atoms with E-state index in [0.29, 0.717) is 6.54 Å². The van der Waals surface area contributed by atoms with Crippen LogP contribution in [0.5, 0.6) is 11.5 Å². The molecule has 2 nitrogen and oxygen atoms in total. The summed E-state index contributed by atoms with van der Waals surface area (Å²) in [6.45, 7) is 9.15. The molecule has 0 atom stereocenters. The van der Waals surface area contributed by atoms with Crippen molar-refractivity contribution in [2.24, 2.45) is 0 Å². The Bertz CT molecular complexity index is 1240. The second kappa shape index (κ2) is 9.89. The predicted octanol–water partition coefficient (Wildman–Crippen LogP) is 8.58. The van der Waals surface area contributed by atoms with Crippen LogP contribution in [0.3, 0.4) is 0 Å². The van der Waals surface area contributed by atoms with Crippen LogP contribution in [-0.4, -0.2) is 6.54 Å². The summed E-state index contributed by atoms with van der Waals surface area (Å²) in [7, 11) is 0. The summed E-state index contributed by atoms with van der Waals surface area (Å²) in [4.78, 5) is 2.09. The van der Waals surface area contributed by atoms with Crippen LogP contribution in [0.15, 0.2) is 97.1 Å². The van der Waals surface area contributed by atoms with Gasteiger partial charge in [-0.3, -0.25) is 0 Å². The maximum absolute atomic E-state index is 5.84. The van der Waals surface area contributed by atoms with Gasteiger partial charge in [-0.15, -0.1) is 6.42 Å². The lowest BCUT2D eigenvalue weighted by Gasteiger charge is -2.31. The molecule has 6 rings (SSSR count). The van der Waals surface area contributed by atoms with Gasteiger partial charge in [0.1, 0.15) is 0 Å². The maximum Gasteiger partial charge on any atom is 0.151 e. The van der Waals surface area contributed by atoms with Gasteiger partial charge in [0, 0.05) is 5.41 Å². The van der Waals surface area contributed by atoms with E-state index < -0.39 is 0 Å². The Kier molecular flexibility index (Phi) is 6.75. The third kappa shape index (κ3) is 4.06. The van der Waals surface area contributed by atoms with Crippen molar-refractivity contribution in [3.05, 3.63) is 108 Å². The Morgan fingerprint density at radius 3 is 1.56 bits per heavy atom. The van der Waals surface area contributed by atoms with Crippen molar-refractivity contribution in [3.63, 3.8) is 0 Å². The van der Waals surface area contributed by atoms with Gasteiger partial charge in [-0.25, -0.2) is 0 Å². The highest BCUT2D eigenvalue weighted by Crippen LogP contribution is 2.48. The van der Waals surface area contributed by atoms with Gasteiger partial charge in [-0.05, 0) is 46.5 Å². The van der Waals surface area contributed by atoms with Crippen molar-refractivity contribution in [2.45, 2.75) is 33.1 Å². The van der Waals surface area contributed by atoms with Crippen LogP contribution in [0, 0.1) is 12.3 Å². The van der Waals surface area contributed by atoms with Crippen molar-refractivity contribution < 1.29 is 4.74 Å². The maximum atomic E-state index is 5.84. The highest BCUT2D eigenvalue weighted by Gasteiger charge is 2.34. The summed E-state index contributed by atoms with van der Waals surface area (Å²) in [5.41, 5.74) is 7.90. The van der Waals surface area contributed by atoms with Crippen molar-refractivity contribution in [1.29, 1.82) is 0 Å². The SMILES string of the molecule is C#CCN1c2ccccc2Oc2ccccc21.CC.CC1(C)c2ccccc2-c2ccccc21. The molecule has 0 amide bonds. The molecule has 0 saturated heterocycles. The average molecular weight is 446 g/mol. The van der Waals surface area contributed by atoms with Crippen molar-refractivity contribution in [1.82, 2.24) is 0 Å². The second-order valence-corrected chi connectivity index (χ2v) is 8.54. The number of hydrogen-bond donors (Lipinski definition) is 0. The van der Waals surface area contributed by atoms with Crippen molar-refractivity contribution >= 4 is 11.4 Å². The fraction of sp³-hybridized carbons (Fsp3) is 0.188. The molecule has 0 spiro atoms. The zero-order valence-electron chi connectivity index (χ0n) is 20.4. The number of hydrogen-bond acceptors (Lipinski definition) is 2. The van der Waals surface area contributed by atoms with Gasteiger partial charge >= 0.3 is 0 Å². The fourth-order valence-corrected chi connectivity index (χ4v) is 4.71. The molecule has 0 saturated carbocycles. The van der Waals surface area contributed by atoms with Crippen LogP contribution in [0.2, 0.25) is 0 Å². The summed E-state index contributed by atoms with van der Waals surface area (Å²) in [5, 5.41) is 0. The van der Waals surface area contributed by atoms with E-state index in [1.165, 1.54) is 22.3 Å². The number of benzene rings is 4. The molecule has 1 heterocycles. The van der Waals surface area contributed by atoms with E-state index >= 15 is 0 Å². The van der Waals surface area contributed by atoms with Gasteiger partial charge in [0.25, 0.3) is 0 Å². The number of ether oxygens (including phenoxy) is 1. The summed E-state index contributed by atoms with van der Waals surface area (Å²) in [5.74, 6) is 4.39. The minimum Gasteiger partial charge on any atom is -0.453 e. The Morgan fingerprint density at radius 1 is 0.676 bits per heavy atom. The molecule has 4 aromatic rings. The number of para-hydroxylation sites is 4. The van der Waals surface area contributed by atoms with Gasteiger partial charge in [0.05, 0.1) is 17.9 Å². The van der Waals surface area contributed by atoms with Gasteiger partial charge in [0.2, 0.25) is 0 Å². The van der Waals surface area contributed by atoms with E-state index in [1.54, 1.807) is 0 Å². The van der Waals surface area contributed by atoms with E-state index in [4.69, 9.17) is 11.2 Å². The van der Waals surface area contributed by atoms with Gasteiger partial charge < -0.3 is 9.64 Å². The van der Waals surface area contributed by atoms with Gasteiger partial charge in [0.15, 0.2) is 11.5 Å². The van der Waals surface area contributed by atoms with E-state index in [2.05, 4.69) is 73.2 Å². The zero-order valence-corrected chi connectivity index (χ0v) is 20.4. The first-order valence-electron chi connectivity index (χ1n) is 11.9. The number of nitrogens with zero attached hydrogens (tertiary/aromatic N) is 1. The predicted molar refractivity (Wildman–Crippen MR) is 144 cm³/mol. The third-order valence-electron chi connectivity index (χ3n) is 6.27. The molecular formula is C32H31NO. The Morgan fingerprint density at radius 2 is 1.09 bits per heavy atom. The van der Waals surface area contributed by atoms with E-state index in [-0.39, 0.29) is 5.41 Å². The lowest BCUT2D eigenvalue weighted by atomic mass is 9.82. The molecule has 0 aromatic heterocycles. The van der Waals surface area contributed by atoms with Crippen LogP contribution in [0.1, 0.15) is 38.8 Å². The average Bonchev–Trinajstić information content (AvgIpc) is 3.13. The minimum atomic E-state index is 0.160. The fourth-order valence-electron chi connectivity index (χ4n) is 4.71. The first kappa shape index (κ1) is 23.2.